The van der Waals surface area contributed by atoms with Gasteiger partial charge in [0.2, 0.25) is 5.91 Å². The zero-order valence-electron chi connectivity index (χ0n) is 12.9. The van der Waals surface area contributed by atoms with Crippen molar-refractivity contribution in [2.45, 2.75) is 20.0 Å². The van der Waals surface area contributed by atoms with E-state index in [0.29, 0.717) is 15.9 Å². The summed E-state index contributed by atoms with van der Waals surface area (Å²) in [6, 6.07) is 8.34. The van der Waals surface area contributed by atoms with Crippen LogP contribution in [0.1, 0.15) is 11.3 Å². The smallest absolute Gasteiger partial charge is 0.247 e. The number of amides is 1. The largest absolute Gasteiger partial charge is 0.307 e. The van der Waals surface area contributed by atoms with Gasteiger partial charge in [-0.3, -0.25) is 14.2 Å². The maximum absolute atomic E-state index is 13.7. The van der Waals surface area contributed by atoms with Crippen LogP contribution < -0.4 is 5.32 Å². The summed E-state index contributed by atoms with van der Waals surface area (Å²) in [5, 5.41) is 11.1. The van der Waals surface area contributed by atoms with Gasteiger partial charge in [0.05, 0.1) is 11.0 Å². The fourth-order valence-electron chi connectivity index (χ4n) is 2.24. The summed E-state index contributed by atoms with van der Waals surface area (Å²) >= 11 is 3.36. The first kappa shape index (κ1) is 16.4. The van der Waals surface area contributed by atoms with E-state index in [-0.39, 0.29) is 24.8 Å². The molecule has 2 aromatic heterocycles. The lowest BCUT2D eigenvalue weighted by Crippen LogP contribution is -2.20. The summed E-state index contributed by atoms with van der Waals surface area (Å²) in [5.74, 6) is -0.136. The third-order valence-corrected chi connectivity index (χ3v) is 4.07. The Morgan fingerprint density at radius 1 is 1.33 bits per heavy atom. The Morgan fingerprint density at radius 3 is 2.83 bits per heavy atom. The van der Waals surface area contributed by atoms with Crippen LogP contribution in [0.4, 0.5) is 10.2 Å². The molecule has 0 bridgehead atoms. The number of nitrogens with zero attached hydrogens (tertiary/aromatic N) is 4. The average molecular weight is 392 g/mol. The van der Waals surface area contributed by atoms with Crippen LogP contribution in [0.15, 0.2) is 47.2 Å². The van der Waals surface area contributed by atoms with E-state index in [9.17, 15) is 9.18 Å². The highest BCUT2D eigenvalue weighted by Gasteiger charge is 2.12. The summed E-state index contributed by atoms with van der Waals surface area (Å²) in [7, 11) is 0. The van der Waals surface area contributed by atoms with Gasteiger partial charge in [0.1, 0.15) is 12.4 Å². The van der Waals surface area contributed by atoms with Crippen molar-refractivity contribution in [3.8, 4) is 0 Å². The van der Waals surface area contributed by atoms with Gasteiger partial charge in [0.25, 0.3) is 0 Å². The lowest BCUT2D eigenvalue weighted by atomic mass is 10.2. The van der Waals surface area contributed by atoms with Gasteiger partial charge in [-0.25, -0.2) is 4.39 Å². The zero-order chi connectivity index (χ0) is 17.1. The Bertz CT molecular complexity index is 873. The minimum atomic E-state index is -0.288. The first-order chi connectivity index (χ1) is 11.5. The number of anilines is 1. The van der Waals surface area contributed by atoms with Gasteiger partial charge in [-0.2, -0.15) is 10.2 Å². The predicted molar refractivity (Wildman–Crippen MR) is 91.0 cm³/mol. The highest BCUT2D eigenvalue weighted by molar-refractivity contribution is 9.10. The van der Waals surface area contributed by atoms with Gasteiger partial charge >= 0.3 is 0 Å². The monoisotopic (exact) mass is 391 g/mol. The van der Waals surface area contributed by atoms with Gasteiger partial charge in [0.15, 0.2) is 5.82 Å². The molecule has 0 spiro atoms. The van der Waals surface area contributed by atoms with Crippen molar-refractivity contribution >= 4 is 27.7 Å². The molecule has 6 nitrogen and oxygen atoms in total. The van der Waals surface area contributed by atoms with Crippen LogP contribution in [0.25, 0.3) is 0 Å². The number of rotatable bonds is 5. The second-order valence-corrected chi connectivity index (χ2v) is 6.15. The van der Waals surface area contributed by atoms with E-state index >= 15 is 0 Å². The molecule has 0 radical (unpaired) electrons. The number of halogens is 2. The van der Waals surface area contributed by atoms with Gasteiger partial charge in [0, 0.05) is 23.7 Å². The number of aromatic nitrogens is 4. The van der Waals surface area contributed by atoms with Crippen LogP contribution in [0.2, 0.25) is 0 Å². The second-order valence-electron chi connectivity index (χ2n) is 5.29. The Morgan fingerprint density at radius 2 is 2.12 bits per heavy atom. The standard InChI is InChI=1S/C16H15BrFN5O/c1-11-6-7-19-23(11)10-15(24)20-16-13(17)9-22(21-16)8-12-4-2-3-5-14(12)18/h2-7,9H,8,10H2,1H3,(H,20,21,24). The number of carbonyl (C=O) groups is 1. The molecule has 0 aliphatic carbocycles. The molecule has 124 valence electrons. The molecule has 1 amide bonds. The molecule has 3 rings (SSSR count). The summed E-state index contributed by atoms with van der Waals surface area (Å²) < 4.78 is 17.5. The normalized spacial score (nSPS) is 10.8. The van der Waals surface area contributed by atoms with E-state index in [1.165, 1.54) is 6.07 Å². The number of aryl methyl sites for hydroxylation is 1. The zero-order valence-corrected chi connectivity index (χ0v) is 14.5. The number of carbonyl (C=O) groups excluding carboxylic acids is 1. The third kappa shape index (κ3) is 3.70. The van der Waals surface area contributed by atoms with Crippen LogP contribution in [0.3, 0.4) is 0 Å². The quantitative estimate of drug-likeness (QED) is 0.726. The number of benzene rings is 1. The molecule has 2 heterocycles. The third-order valence-electron chi connectivity index (χ3n) is 3.49. The maximum atomic E-state index is 13.7. The fraction of sp³-hybridized carbons (Fsp3) is 0.188. The molecule has 0 unspecified atom stereocenters. The second kappa shape index (κ2) is 6.96. The van der Waals surface area contributed by atoms with Crippen LogP contribution in [0.5, 0.6) is 0 Å². The molecular formula is C16H15BrFN5O. The molecule has 0 fully saturated rings. The molecule has 1 N–H and O–H groups in total. The Hall–Kier alpha value is -2.48. The van der Waals surface area contributed by atoms with Crippen molar-refractivity contribution in [3.05, 3.63) is 64.3 Å². The first-order valence-corrected chi connectivity index (χ1v) is 8.07. The van der Waals surface area contributed by atoms with E-state index in [1.54, 1.807) is 40.0 Å². The van der Waals surface area contributed by atoms with E-state index in [2.05, 4.69) is 31.4 Å². The van der Waals surface area contributed by atoms with E-state index in [1.807, 2.05) is 13.0 Å². The van der Waals surface area contributed by atoms with E-state index < -0.39 is 0 Å². The topological polar surface area (TPSA) is 64.7 Å². The van der Waals surface area contributed by atoms with Gasteiger partial charge in [-0.1, -0.05) is 18.2 Å². The van der Waals surface area contributed by atoms with Crippen LogP contribution in [0, 0.1) is 12.7 Å². The van der Waals surface area contributed by atoms with E-state index in [0.717, 1.165) is 5.69 Å². The Kier molecular flexibility index (Phi) is 4.75. The van der Waals surface area contributed by atoms with Crippen LogP contribution >= 0.6 is 15.9 Å². The van der Waals surface area contributed by atoms with Crippen LogP contribution in [-0.2, 0) is 17.9 Å². The minimum absolute atomic E-state index is 0.103. The predicted octanol–water partition coefficient (Wildman–Crippen LogP) is 2.98. The van der Waals surface area contributed by atoms with Crippen molar-refractivity contribution < 1.29 is 9.18 Å². The highest BCUT2D eigenvalue weighted by Crippen LogP contribution is 2.21. The van der Waals surface area contributed by atoms with Crippen molar-refractivity contribution in [1.82, 2.24) is 19.6 Å². The van der Waals surface area contributed by atoms with E-state index in [4.69, 9.17) is 0 Å². The molecule has 0 aliphatic rings. The summed E-state index contributed by atoms with van der Waals surface area (Å²) in [5.41, 5.74) is 1.42. The fourth-order valence-corrected chi connectivity index (χ4v) is 2.65. The van der Waals surface area contributed by atoms with Gasteiger partial charge < -0.3 is 5.32 Å². The molecule has 3 aromatic rings. The van der Waals surface area contributed by atoms with Crippen molar-refractivity contribution in [2.24, 2.45) is 0 Å². The molecule has 0 saturated heterocycles. The lowest BCUT2D eigenvalue weighted by Gasteiger charge is -2.05. The molecule has 0 atom stereocenters. The number of nitrogens with one attached hydrogen (secondary N) is 1. The summed E-state index contributed by atoms with van der Waals surface area (Å²) in [4.78, 5) is 12.1. The molecule has 0 saturated carbocycles. The van der Waals surface area contributed by atoms with Gasteiger partial charge in [-0.15, -0.1) is 0 Å². The highest BCUT2D eigenvalue weighted by atomic mass is 79.9. The molecular weight excluding hydrogens is 377 g/mol. The minimum Gasteiger partial charge on any atom is -0.307 e. The summed E-state index contributed by atoms with van der Waals surface area (Å²) in [6.07, 6.45) is 3.34. The lowest BCUT2D eigenvalue weighted by molar-refractivity contribution is -0.117. The van der Waals surface area contributed by atoms with Gasteiger partial charge in [-0.05, 0) is 35.0 Å². The van der Waals surface area contributed by atoms with Crippen LogP contribution in [-0.4, -0.2) is 25.5 Å². The SMILES string of the molecule is Cc1ccnn1CC(=O)Nc1nn(Cc2ccccc2F)cc1Br. The number of hydrogen-bond donors (Lipinski definition) is 1. The maximum Gasteiger partial charge on any atom is 0.247 e. The number of hydrogen-bond acceptors (Lipinski definition) is 3. The molecule has 8 heteroatoms. The first-order valence-electron chi connectivity index (χ1n) is 7.27. The Balaban J connectivity index is 1.69. The Labute approximate surface area is 146 Å². The molecule has 24 heavy (non-hydrogen) atoms. The average Bonchev–Trinajstić information content (AvgIpc) is 3.08. The van der Waals surface area contributed by atoms with Crippen molar-refractivity contribution in [2.75, 3.05) is 5.32 Å². The summed E-state index contributed by atoms with van der Waals surface area (Å²) in [6.45, 7) is 2.25. The molecule has 0 aliphatic heterocycles. The van der Waals surface area contributed by atoms with Crippen molar-refractivity contribution in [3.63, 3.8) is 0 Å². The molecule has 1 aromatic carbocycles. The van der Waals surface area contributed by atoms with Crippen molar-refractivity contribution in [1.29, 1.82) is 0 Å².